The van der Waals surface area contributed by atoms with Gasteiger partial charge in [0.05, 0.1) is 19.4 Å². The van der Waals surface area contributed by atoms with E-state index in [4.69, 9.17) is 13.9 Å². The van der Waals surface area contributed by atoms with E-state index < -0.39 is 8.32 Å². The van der Waals surface area contributed by atoms with Crippen molar-refractivity contribution in [3.8, 4) is 0 Å². The Balaban J connectivity index is 2.17. The molecule has 1 rings (SSSR count). The van der Waals surface area contributed by atoms with E-state index in [1.165, 1.54) is 12.5 Å². The van der Waals surface area contributed by atoms with Crippen LogP contribution in [-0.2, 0) is 13.9 Å². The summed E-state index contributed by atoms with van der Waals surface area (Å²) in [5, 5.41) is 0. The van der Waals surface area contributed by atoms with Crippen LogP contribution in [0.5, 0.6) is 0 Å². The lowest BCUT2D eigenvalue weighted by atomic mass is 10.5. The van der Waals surface area contributed by atoms with Crippen molar-refractivity contribution < 1.29 is 13.9 Å². The molecule has 0 bridgehead atoms. The fourth-order valence-electron chi connectivity index (χ4n) is 1.63. The second kappa shape index (κ2) is 5.85. The van der Waals surface area contributed by atoms with Crippen LogP contribution in [0, 0.1) is 0 Å². The first kappa shape index (κ1) is 12.2. The minimum Gasteiger partial charge on any atom is -0.415 e. The molecule has 0 amide bonds. The first-order valence-electron chi connectivity index (χ1n) is 5.53. The fourth-order valence-corrected chi connectivity index (χ4v) is 4.31. The van der Waals surface area contributed by atoms with Crippen molar-refractivity contribution in [2.24, 2.45) is 0 Å². The van der Waals surface area contributed by atoms with Crippen LogP contribution in [0.15, 0.2) is 0 Å². The second-order valence-corrected chi connectivity index (χ2v) is 8.08. The largest absolute Gasteiger partial charge is 0.415 e. The molecule has 0 radical (unpaired) electrons. The zero-order chi connectivity index (χ0) is 10.4. The smallest absolute Gasteiger partial charge is 0.214 e. The van der Waals surface area contributed by atoms with E-state index >= 15 is 0 Å². The molecule has 1 fully saturated rings. The highest BCUT2D eigenvalue weighted by Gasteiger charge is 2.30. The van der Waals surface area contributed by atoms with Crippen LogP contribution in [0.25, 0.3) is 0 Å². The van der Waals surface area contributed by atoms with Crippen molar-refractivity contribution in [2.75, 3.05) is 26.1 Å². The molecule has 1 aliphatic heterocycles. The maximum Gasteiger partial charge on any atom is 0.214 e. The predicted octanol–water partition coefficient (Wildman–Crippen LogP) is 1.96. The summed E-state index contributed by atoms with van der Waals surface area (Å²) in [5.74, 6) is 0. The number of hydrogen-bond donors (Lipinski definition) is 0. The molecule has 14 heavy (non-hydrogen) atoms. The van der Waals surface area contributed by atoms with Crippen LogP contribution in [0.4, 0.5) is 0 Å². The van der Waals surface area contributed by atoms with Crippen LogP contribution in [0.3, 0.4) is 0 Å². The molecule has 4 heteroatoms. The van der Waals surface area contributed by atoms with Crippen molar-refractivity contribution in [3.05, 3.63) is 0 Å². The number of epoxide rings is 1. The standard InChI is InChI=1S/C10H22O3Si/c1-4-6-14(3,13-5-2)9-11-7-10-8-12-10/h10H,4-9H2,1-3H3. The Labute approximate surface area is 87.9 Å². The van der Waals surface area contributed by atoms with Gasteiger partial charge in [-0.05, 0) is 19.5 Å². The summed E-state index contributed by atoms with van der Waals surface area (Å²) in [6.45, 7) is 8.96. The second-order valence-electron chi connectivity index (χ2n) is 4.10. The Morgan fingerprint density at radius 1 is 1.43 bits per heavy atom. The highest BCUT2D eigenvalue weighted by atomic mass is 28.4. The van der Waals surface area contributed by atoms with Gasteiger partial charge < -0.3 is 13.9 Å². The van der Waals surface area contributed by atoms with E-state index in [0.29, 0.717) is 6.10 Å². The quantitative estimate of drug-likeness (QED) is 0.461. The van der Waals surface area contributed by atoms with Crippen LogP contribution >= 0.6 is 0 Å². The van der Waals surface area contributed by atoms with Crippen molar-refractivity contribution >= 4 is 8.32 Å². The first-order valence-corrected chi connectivity index (χ1v) is 8.35. The molecule has 1 heterocycles. The Kier molecular flexibility index (Phi) is 5.09. The van der Waals surface area contributed by atoms with Gasteiger partial charge in [-0.1, -0.05) is 13.3 Å². The topological polar surface area (TPSA) is 31.0 Å². The number of rotatable bonds is 8. The predicted molar refractivity (Wildman–Crippen MR) is 58.9 cm³/mol. The maximum absolute atomic E-state index is 5.85. The Morgan fingerprint density at radius 3 is 2.64 bits per heavy atom. The van der Waals surface area contributed by atoms with Gasteiger partial charge in [0.1, 0.15) is 6.10 Å². The van der Waals surface area contributed by atoms with E-state index in [1.54, 1.807) is 0 Å². The highest BCUT2D eigenvalue weighted by Crippen LogP contribution is 2.16. The molecule has 0 saturated carbocycles. The molecule has 0 aromatic rings. The summed E-state index contributed by atoms with van der Waals surface area (Å²) < 4.78 is 16.6. The molecular weight excluding hydrogens is 196 g/mol. The minimum absolute atomic E-state index is 0.372. The molecule has 84 valence electrons. The molecule has 0 aromatic carbocycles. The molecular formula is C10H22O3Si. The molecule has 1 saturated heterocycles. The van der Waals surface area contributed by atoms with Gasteiger partial charge in [0.15, 0.2) is 0 Å². The van der Waals surface area contributed by atoms with E-state index in [9.17, 15) is 0 Å². The van der Waals surface area contributed by atoms with E-state index in [-0.39, 0.29) is 0 Å². The fraction of sp³-hybridized carbons (Fsp3) is 1.00. The average Bonchev–Trinajstić information content (AvgIpc) is 2.89. The van der Waals surface area contributed by atoms with Crippen molar-refractivity contribution in [2.45, 2.75) is 39.0 Å². The third-order valence-corrected chi connectivity index (χ3v) is 5.74. The first-order chi connectivity index (χ1) is 6.70. The number of hydrogen-bond acceptors (Lipinski definition) is 3. The molecule has 0 aromatic heterocycles. The molecule has 3 nitrogen and oxygen atoms in total. The lowest BCUT2D eigenvalue weighted by molar-refractivity contribution is 0.134. The Bertz CT molecular complexity index is 153. The van der Waals surface area contributed by atoms with Crippen LogP contribution in [0.1, 0.15) is 20.3 Å². The van der Waals surface area contributed by atoms with E-state index in [1.807, 2.05) is 0 Å². The van der Waals surface area contributed by atoms with E-state index in [0.717, 1.165) is 26.1 Å². The van der Waals surface area contributed by atoms with Crippen LogP contribution in [-0.4, -0.2) is 40.5 Å². The Hall–Kier alpha value is 0.0969. The van der Waals surface area contributed by atoms with Gasteiger partial charge in [0, 0.05) is 6.61 Å². The lowest BCUT2D eigenvalue weighted by Crippen LogP contribution is -2.40. The molecule has 1 aliphatic rings. The molecule has 0 spiro atoms. The van der Waals surface area contributed by atoms with Gasteiger partial charge in [-0.2, -0.15) is 0 Å². The summed E-state index contributed by atoms with van der Waals surface area (Å²) in [5.41, 5.74) is 0. The molecule has 2 atom stereocenters. The summed E-state index contributed by atoms with van der Waals surface area (Å²) in [4.78, 5) is 0. The third kappa shape index (κ3) is 4.55. The zero-order valence-electron chi connectivity index (χ0n) is 9.54. The van der Waals surface area contributed by atoms with Gasteiger partial charge >= 0.3 is 0 Å². The normalized spacial score (nSPS) is 24.6. The zero-order valence-corrected chi connectivity index (χ0v) is 10.5. The third-order valence-electron chi connectivity index (χ3n) is 2.39. The molecule has 0 aliphatic carbocycles. The molecule has 0 N–H and O–H groups in total. The average molecular weight is 218 g/mol. The summed E-state index contributed by atoms with van der Waals surface area (Å²) in [6, 6.07) is 1.19. The van der Waals surface area contributed by atoms with Gasteiger partial charge in [-0.3, -0.25) is 0 Å². The highest BCUT2D eigenvalue weighted by molar-refractivity contribution is 6.72. The van der Waals surface area contributed by atoms with Crippen molar-refractivity contribution in [3.63, 3.8) is 0 Å². The maximum atomic E-state index is 5.85. The van der Waals surface area contributed by atoms with Gasteiger partial charge in [-0.25, -0.2) is 0 Å². The Morgan fingerprint density at radius 2 is 2.14 bits per heavy atom. The minimum atomic E-state index is -1.57. The van der Waals surface area contributed by atoms with Gasteiger partial charge in [0.2, 0.25) is 8.32 Å². The van der Waals surface area contributed by atoms with E-state index in [2.05, 4.69) is 20.4 Å². The van der Waals surface area contributed by atoms with Crippen molar-refractivity contribution in [1.29, 1.82) is 0 Å². The summed E-state index contributed by atoms with van der Waals surface area (Å²) in [6.07, 6.45) is 2.37. The molecule has 2 unspecified atom stereocenters. The summed E-state index contributed by atoms with van der Waals surface area (Å²) >= 11 is 0. The van der Waals surface area contributed by atoms with Gasteiger partial charge in [0.25, 0.3) is 0 Å². The van der Waals surface area contributed by atoms with Crippen LogP contribution < -0.4 is 0 Å². The number of ether oxygens (including phenoxy) is 2. The SMILES string of the molecule is CCC[Si](C)(COCC1CO1)OCC. The van der Waals surface area contributed by atoms with Gasteiger partial charge in [-0.15, -0.1) is 0 Å². The lowest BCUT2D eigenvalue weighted by Gasteiger charge is -2.26. The monoisotopic (exact) mass is 218 g/mol. The van der Waals surface area contributed by atoms with Crippen molar-refractivity contribution in [1.82, 2.24) is 0 Å². The van der Waals surface area contributed by atoms with Crippen LogP contribution in [0.2, 0.25) is 12.6 Å². The summed E-state index contributed by atoms with van der Waals surface area (Å²) in [7, 11) is -1.57.